The molecule has 1 aromatic heterocycles. The number of rotatable bonds is 21. The molecule has 6 heterocycles. The van der Waals surface area contributed by atoms with Crippen molar-refractivity contribution in [1.29, 1.82) is 0 Å². The van der Waals surface area contributed by atoms with Crippen LogP contribution in [0, 0.1) is 0 Å². The maximum atomic E-state index is 14.8. The topological polar surface area (TPSA) is 328 Å². The van der Waals surface area contributed by atoms with Crippen molar-refractivity contribution in [3.8, 4) is 5.75 Å². The number of halogens is 4. The van der Waals surface area contributed by atoms with Crippen molar-refractivity contribution in [3.63, 3.8) is 0 Å². The average molecular weight is 1280 g/mol. The number of thiophene rings is 1. The molecule has 0 saturated carbocycles. The van der Waals surface area contributed by atoms with Gasteiger partial charge in [-0.3, -0.25) is 72.5 Å². The molecule has 10 amide bonds. The summed E-state index contributed by atoms with van der Waals surface area (Å²) in [6.07, 6.45) is -3.16. The minimum Gasteiger partial charge on any atom is -0.492 e. The fourth-order valence-corrected chi connectivity index (χ4v) is 13.2. The van der Waals surface area contributed by atoms with Crippen LogP contribution in [0.3, 0.4) is 0 Å². The number of carbonyl (C=O) groups is 10. The Balaban J connectivity index is 0.869. The van der Waals surface area contributed by atoms with Crippen molar-refractivity contribution >= 4 is 88.1 Å². The van der Waals surface area contributed by atoms with E-state index in [0.29, 0.717) is 30.9 Å². The number of piperidine rings is 1. The number of nitrogens with zero attached hydrogens (tertiary/aromatic N) is 5. The van der Waals surface area contributed by atoms with Gasteiger partial charge in [-0.05, 0) is 90.4 Å². The lowest BCUT2D eigenvalue weighted by molar-refractivity contribution is -0.144. The Bertz CT molecular complexity index is 3500. The highest BCUT2D eigenvalue weighted by molar-refractivity contribution is 7.52. The van der Waals surface area contributed by atoms with Crippen LogP contribution in [0.5, 0.6) is 5.75 Å². The molecule has 4 saturated heterocycles. The van der Waals surface area contributed by atoms with Crippen LogP contribution in [0.15, 0.2) is 66.7 Å². The van der Waals surface area contributed by atoms with Crippen molar-refractivity contribution in [2.75, 3.05) is 59.0 Å². The van der Waals surface area contributed by atoms with E-state index in [1.54, 1.807) is 4.90 Å². The van der Waals surface area contributed by atoms with Gasteiger partial charge in [-0.2, -0.15) is 8.78 Å². The Morgan fingerprint density at radius 1 is 0.820 bits per heavy atom. The summed E-state index contributed by atoms with van der Waals surface area (Å²) in [5, 5.41) is 10.3. The number of carbonyl (C=O) groups excluding carboxylic acids is 10. The largest absolute Gasteiger partial charge is 0.492 e. The quantitative estimate of drug-likeness (QED) is 0.0358. The van der Waals surface area contributed by atoms with Crippen molar-refractivity contribution in [2.45, 2.75) is 126 Å². The lowest BCUT2D eigenvalue weighted by Crippen LogP contribution is -2.62. The van der Waals surface area contributed by atoms with E-state index in [0.717, 1.165) is 40.0 Å². The van der Waals surface area contributed by atoms with Gasteiger partial charge >= 0.3 is 13.3 Å². The van der Waals surface area contributed by atoms with E-state index in [-0.39, 0.29) is 109 Å². The molecule has 8 N–H and O–H groups in total. The highest BCUT2D eigenvalue weighted by atomic mass is 32.1. The molecule has 0 bridgehead atoms. The van der Waals surface area contributed by atoms with Crippen LogP contribution in [0.25, 0.3) is 10.1 Å². The molecule has 89 heavy (non-hydrogen) atoms. The standard InChI is InChI=1S/C59H69F4N10O14PS/c1-58(2,3)34-6-4-32(5-7-34)26-41(56(82)71-22-20-69(21-23-71)24-25-87-37-10-11-38-39(29-37)55(81)73(54(38)80)44-14-17-49(75)68-52(44)78)66-50(76)40(12-16-48(64)74)65-51(77)43-13-9-36-18-19-70(31-47(60)61)30-42(57(83)72(36)43)67-53(79)46-28-33-27-35(8-15-45(33)89-46)59(62,63)88(84,85)86/h4-8,10-11,15,27-29,36,40-44,47H,9,12-14,16-26,30-31H2,1-3H3,(H2,64,74)(H,65,77)(H,66,76)(H,67,79)(H,68,75,78)(H2,84,85,86)/t36-,40+,41+,42+,43+,44?/m1/s1. The van der Waals surface area contributed by atoms with Gasteiger partial charge in [0, 0.05) is 81.4 Å². The highest BCUT2D eigenvalue weighted by Crippen LogP contribution is 2.59. The van der Waals surface area contributed by atoms with Gasteiger partial charge in [-0.25, -0.2) is 8.78 Å². The van der Waals surface area contributed by atoms with E-state index < -0.39 is 134 Å². The Hall–Kier alpha value is -7.69. The van der Waals surface area contributed by atoms with Gasteiger partial charge in [0.1, 0.15) is 42.6 Å². The third kappa shape index (κ3) is 15.0. The van der Waals surface area contributed by atoms with E-state index in [2.05, 4.69) is 21.3 Å². The third-order valence-electron chi connectivity index (χ3n) is 16.7. The average Bonchev–Trinajstić information content (AvgIpc) is 1.70. The molecular formula is C59H69F4N10O14PS. The number of benzene rings is 3. The minimum atomic E-state index is -5.94. The van der Waals surface area contributed by atoms with E-state index in [4.69, 9.17) is 10.5 Å². The summed E-state index contributed by atoms with van der Waals surface area (Å²) in [4.78, 5) is 161. The smallest absolute Gasteiger partial charge is 0.399 e. The summed E-state index contributed by atoms with van der Waals surface area (Å²) in [6.45, 7) is 6.70. The predicted octanol–water partition coefficient (Wildman–Crippen LogP) is 2.96. The Kier molecular flexibility index (Phi) is 19.8. The molecule has 6 atom stereocenters. The second-order valence-corrected chi connectivity index (χ2v) is 26.6. The van der Waals surface area contributed by atoms with Crippen LogP contribution in [0.2, 0.25) is 0 Å². The van der Waals surface area contributed by atoms with Gasteiger partial charge in [-0.1, -0.05) is 51.1 Å². The number of primary amides is 1. The molecular weight excluding hydrogens is 1210 g/mol. The molecule has 1 unspecified atom stereocenters. The number of hydrogen-bond donors (Lipinski definition) is 7. The van der Waals surface area contributed by atoms with Crippen molar-refractivity contribution in [3.05, 3.63) is 99.4 Å². The number of ether oxygens (including phenoxy) is 1. The molecule has 4 aromatic rings. The molecule has 0 aliphatic carbocycles. The zero-order valence-electron chi connectivity index (χ0n) is 48.9. The zero-order valence-corrected chi connectivity index (χ0v) is 50.6. The van der Waals surface area contributed by atoms with Crippen molar-refractivity contribution in [1.82, 2.24) is 45.8 Å². The van der Waals surface area contributed by atoms with E-state index in [1.165, 1.54) is 34.1 Å². The Morgan fingerprint density at radius 2 is 1.52 bits per heavy atom. The molecule has 24 nitrogen and oxygen atoms in total. The summed E-state index contributed by atoms with van der Waals surface area (Å²) in [6, 6.07) is 8.52. The number of nitrogens with one attached hydrogen (secondary N) is 4. The second-order valence-electron chi connectivity index (χ2n) is 23.9. The van der Waals surface area contributed by atoms with Gasteiger partial charge in [0.25, 0.3) is 24.1 Å². The third-order valence-corrected chi connectivity index (χ3v) is 18.8. The molecule has 0 radical (unpaired) electrons. The van der Waals surface area contributed by atoms with E-state index in [1.807, 2.05) is 49.9 Å². The molecule has 3 aromatic carbocycles. The van der Waals surface area contributed by atoms with Crippen molar-refractivity contribution < 1.29 is 84.6 Å². The second kappa shape index (κ2) is 26.8. The molecule has 5 aliphatic rings. The lowest BCUT2D eigenvalue weighted by atomic mass is 9.86. The molecule has 4 fully saturated rings. The van der Waals surface area contributed by atoms with Gasteiger partial charge in [-0.15, -0.1) is 11.3 Å². The fraction of sp³-hybridized carbons (Fsp3) is 0.492. The van der Waals surface area contributed by atoms with Crippen LogP contribution in [0.1, 0.15) is 113 Å². The predicted molar refractivity (Wildman–Crippen MR) is 312 cm³/mol. The van der Waals surface area contributed by atoms with E-state index in [9.17, 15) is 79.9 Å². The van der Waals surface area contributed by atoms with Crippen molar-refractivity contribution in [2.24, 2.45) is 5.73 Å². The number of fused-ring (bicyclic) bond motifs is 3. The normalized spacial score (nSPS) is 21.2. The fourth-order valence-electron chi connectivity index (χ4n) is 11.8. The number of imide groups is 2. The number of amides is 10. The van der Waals surface area contributed by atoms with Gasteiger partial charge in [0.15, 0.2) is 0 Å². The number of alkyl halides is 4. The zero-order chi connectivity index (χ0) is 64.4. The summed E-state index contributed by atoms with van der Waals surface area (Å²) < 4.78 is 75.0. The maximum Gasteiger partial charge on any atom is 0.399 e. The molecule has 5 aliphatic heterocycles. The Morgan fingerprint density at radius 3 is 2.18 bits per heavy atom. The number of nitrogens with two attached hydrogens (primary N) is 1. The molecule has 478 valence electrons. The van der Waals surface area contributed by atoms with Crippen LogP contribution >= 0.6 is 18.9 Å². The first-order valence-electron chi connectivity index (χ1n) is 29.1. The number of piperazine rings is 1. The first-order valence-corrected chi connectivity index (χ1v) is 31.5. The summed E-state index contributed by atoms with van der Waals surface area (Å²) in [7, 11) is -5.94. The van der Waals surface area contributed by atoms with Crippen LogP contribution in [0.4, 0.5) is 17.6 Å². The summed E-state index contributed by atoms with van der Waals surface area (Å²) >= 11 is 0.804. The van der Waals surface area contributed by atoms with Gasteiger partial charge < -0.3 is 46.0 Å². The highest BCUT2D eigenvalue weighted by Gasteiger charge is 2.51. The van der Waals surface area contributed by atoms with Crippen LogP contribution < -0.4 is 31.7 Å². The minimum absolute atomic E-state index is 0.00877. The molecule has 0 spiro atoms. The SMILES string of the molecule is CC(C)(C)c1ccc(C[C@H](NC(=O)[C@H](CCC(N)=O)NC(=O)[C@@H]2CC[C@@H]3CCN(CC(F)F)C[C@H](NC(=O)c4cc5cc(C(F)(F)P(=O)(O)O)ccc5s4)C(=O)N32)C(=O)N2CCN(CCOc3ccc4c(c3)C(=O)N(C3CCC(=O)NC3=O)C4=O)CC2)cc1. The monoisotopic (exact) mass is 1280 g/mol. The summed E-state index contributed by atoms with van der Waals surface area (Å²) in [5.41, 5.74) is 1.66. The first-order chi connectivity index (χ1) is 42.0. The number of hydrogen-bond acceptors (Lipinski definition) is 15. The first kappa shape index (κ1) is 65.7. The lowest BCUT2D eigenvalue weighted by Gasteiger charge is -2.39. The van der Waals surface area contributed by atoms with Gasteiger partial charge in [0.2, 0.25) is 41.4 Å². The molecule has 9 rings (SSSR count). The van der Waals surface area contributed by atoms with Crippen LogP contribution in [-0.4, -0.2) is 195 Å². The maximum absolute atomic E-state index is 14.8. The van der Waals surface area contributed by atoms with Crippen LogP contribution in [-0.2, 0) is 55.6 Å². The summed E-state index contributed by atoms with van der Waals surface area (Å²) in [5.74, 6) is -6.91. The Labute approximate surface area is 512 Å². The van der Waals surface area contributed by atoms with Gasteiger partial charge in [0.05, 0.1) is 22.5 Å². The van der Waals surface area contributed by atoms with E-state index >= 15 is 0 Å². The molecule has 30 heteroatoms.